The van der Waals surface area contributed by atoms with Crippen LogP contribution in [0.4, 0.5) is 10.2 Å². The molecule has 0 aliphatic heterocycles. The van der Waals surface area contributed by atoms with Crippen LogP contribution in [0.1, 0.15) is 24.5 Å². The quantitative estimate of drug-likeness (QED) is 0.844. The minimum atomic E-state index is -0.356. The molecule has 0 spiro atoms. The molecule has 0 radical (unpaired) electrons. The Morgan fingerprint density at radius 2 is 2.11 bits per heavy atom. The first kappa shape index (κ1) is 12.7. The Bertz CT molecular complexity index is 611. The zero-order valence-electron chi connectivity index (χ0n) is 10.3. The van der Waals surface area contributed by atoms with Gasteiger partial charge in [0.05, 0.1) is 15.5 Å². The molecule has 2 aromatic heterocycles. The molecule has 4 nitrogen and oxygen atoms in total. The third kappa shape index (κ3) is 2.54. The molecule has 0 saturated heterocycles. The predicted octanol–water partition coefficient (Wildman–Crippen LogP) is 3.20. The first-order chi connectivity index (χ1) is 9.19. The van der Waals surface area contributed by atoms with Crippen molar-refractivity contribution in [3.63, 3.8) is 0 Å². The van der Waals surface area contributed by atoms with Crippen molar-refractivity contribution in [1.82, 2.24) is 15.0 Å². The van der Waals surface area contributed by atoms with E-state index in [1.54, 1.807) is 6.07 Å². The van der Waals surface area contributed by atoms with Gasteiger partial charge in [-0.15, -0.1) is 0 Å². The van der Waals surface area contributed by atoms with Crippen LogP contribution < -0.4 is 5.32 Å². The van der Waals surface area contributed by atoms with E-state index in [1.165, 1.54) is 25.1 Å². The maximum Gasteiger partial charge on any atom is 0.180 e. The fraction of sp³-hybridized carbons (Fsp3) is 0.308. The van der Waals surface area contributed by atoms with Gasteiger partial charge in [0, 0.05) is 13.0 Å². The molecule has 0 amide bonds. The van der Waals surface area contributed by atoms with E-state index in [4.69, 9.17) is 0 Å². The molecule has 98 valence electrons. The summed E-state index contributed by atoms with van der Waals surface area (Å²) in [5, 5.41) is 3.08. The lowest BCUT2D eigenvalue weighted by Gasteiger charge is -2.10. The number of halogens is 2. The normalized spacial score (nSPS) is 14.5. The Morgan fingerprint density at radius 1 is 1.32 bits per heavy atom. The lowest BCUT2D eigenvalue weighted by Crippen LogP contribution is -2.05. The van der Waals surface area contributed by atoms with E-state index in [0.29, 0.717) is 17.4 Å². The van der Waals surface area contributed by atoms with Gasteiger partial charge in [0.1, 0.15) is 17.3 Å². The minimum absolute atomic E-state index is 0.356. The molecule has 2 aromatic rings. The van der Waals surface area contributed by atoms with E-state index in [-0.39, 0.29) is 5.82 Å². The van der Waals surface area contributed by atoms with Crippen LogP contribution in [-0.2, 0) is 0 Å². The molecule has 0 aromatic carbocycles. The molecule has 0 bridgehead atoms. The summed E-state index contributed by atoms with van der Waals surface area (Å²) in [7, 11) is 1.84. The van der Waals surface area contributed by atoms with E-state index < -0.39 is 0 Å². The third-order valence-corrected chi connectivity index (χ3v) is 4.10. The van der Waals surface area contributed by atoms with Gasteiger partial charge in [-0.3, -0.25) is 0 Å². The first-order valence-electron chi connectivity index (χ1n) is 6.06. The van der Waals surface area contributed by atoms with Crippen LogP contribution in [0.5, 0.6) is 0 Å². The molecule has 19 heavy (non-hydrogen) atoms. The molecular weight excluding hydrogens is 358 g/mol. The Morgan fingerprint density at radius 3 is 2.68 bits per heavy atom. The van der Waals surface area contributed by atoms with Crippen LogP contribution in [0.15, 0.2) is 18.3 Å². The molecule has 0 unspecified atom stereocenters. The standard InChI is InChI=1S/C13H12FIN4/c1-16-13-10(15)11(7-2-3-7)18-12(19-13)9-5-4-8(14)6-17-9/h4-7H,2-3H2,1H3,(H,16,18,19). The second-order valence-electron chi connectivity index (χ2n) is 4.48. The molecule has 1 N–H and O–H groups in total. The highest BCUT2D eigenvalue weighted by molar-refractivity contribution is 14.1. The summed E-state index contributed by atoms with van der Waals surface area (Å²) >= 11 is 2.27. The summed E-state index contributed by atoms with van der Waals surface area (Å²) in [4.78, 5) is 13.1. The van der Waals surface area contributed by atoms with Crippen molar-refractivity contribution >= 4 is 28.4 Å². The second-order valence-corrected chi connectivity index (χ2v) is 5.56. The number of aromatic nitrogens is 3. The molecule has 1 aliphatic rings. The Hall–Kier alpha value is -1.31. The molecule has 1 saturated carbocycles. The number of hydrogen-bond donors (Lipinski definition) is 1. The van der Waals surface area contributed by atoms with Crippen LogP contribution in [0.3, 0.4) is 0 Å². The lowest BCUT2D eigenvalue weighted by molar-refractivity contribution is 0.621. The molecule has 1 aliphatic carbocycles. The summed E-state index contributed by atoms with van der Waals surface area (Å²) in [5.41, 5.74) is 1.66. The van der Waals surface area contributed by atoms with E-state index in [1.807, 2.05) is 7.05 Å². The van der Waals surface area contributed by atoms with E-state index in [9.17, 15) is 4.39 Å². The number of rotatable bonds is 3. The van der Waals surface area contributed by atoms with Crippen molar-refractivity contribution in [3.8, 4) is 11.5 Å². The van der Waals surface area contributed by atoms with Crippen LogP contribution in [0.25, 0.3) is 11.5 Å². The zero-order valence-corrected chi connectivity index (χ0v) is 12.5. The maximum atomic E-state index is 12.9. The average Bonchev–Trinajstić information content (AvgIpc) is 3.24. The van der Waals surface area contributed by atoms with Crippen molar-refractivity contribution in [1.29, 1.82) is 0 Å². The van der Waals surface area contributed by atoms with Gasteiger partial charge in [-0.2, -0.15) is 0 Å². The molecule has 3 rings (SSSR count). The fourth-order valence-electron chi connectivity index (χ4n) is 1.88. The highest BCUT2D eigenvalue weighted by Gasteiger charge is 2.29. The van der Waals surface area contributed by atoms with Gasteiger partial charge < -0.3 is 5.32 Å². The highest BCUT2D eigenvalue weighted by atomic mass is 127. The summed E-state index contributed by atoms with van der Waals surface area (Å²) < 4.78 is 14.0. The number of hydrogen-bond acceptors (Lipinski definition) is 4. The zero-order chi connectivity index (χ0) is 13.4. The van der Waals surface area contributed by atoms with Gasteiger partial charge in [0.15, 0.2) is 5.82 Å². The van der Waals surface area contributed by atoms with E-state index in [2.05, 4.69) is 42.9 Å². The topological polar surface area (TPSA) is 50.7 Å². The van der Waals surface area contributed by atoms with Crippen LogP contribution in [0, 0.1) is 9.39 Å². The van der Waals surface area contributed by atoms with Crippen LogP contribution >= 0.6 is 22.6 Å². The maximum absolute atomic E-state index is 12.9. The monoisotopic (exact) mass is 370 g/mol. The summed E-state index contributed by atoms with van der Waals surface area (Å²) in [6, 6.07) is 2.98. The van der Waals surface area contributed by atoms with E-state index >= 15 is 0 Å². The van der Waals surface area contributed by atoms with Crippen molar-refractivity contribution in [2.24, 2.45) is 0 Å². The Labute approximate surface area is 124 Å². The molecule has 2 heterocycles. The number of pyridine rings is 1. The number of nitrogens with one attached hydrogen (secondary N) is 1. The largest absolute Gasteiger partial charge is 0.372 e. The van der Waals surface area contributed by atoms with E-state index in [0.717, 1.165) is 15.1 Å². The minimum Gasteiger partial charge on any atom is -0.372 e. The Balaban J connectivity index is 2.10. The molecule has 1 fully saturated rings. The fourth-order valence-corrected chi connectivity index (χ4v) is 2.83. The molecule has 6 heteroatoms. The third-order valence-electron chi connectivity index (χ3n) is 3.03. The highest BCUT2D eigenvalue weighted by Crippen LogP contribution is 2.42. The van der Waals surface area contributed by atoms with Crippen molar-refractivity contribution < 1.29 is 4.39 Å². The number of nitrogens with zero attached hydrogens (tertiary/aromatic N) is 3. The van der Waals surface area contributed by atoms with Crippen molar-refractivity contribution in [3.05, 3.63) is 33.4 Å². The number of anilines is 1. The van der Waals surface area contributed by atoms with Crippen LogP contribution in [0.2, 0.25) is 0 Å². The summed E-state index contributed by atoms with van der Waals surface area (Å²) in [5.74, 6) is 1.53. The Kier molecular flexibility index (Phi) is 3.34. The summed E-state index contributed by atoms with van der Waals surface area (Å²) in [6.45, 7) is 0. The first-order valence-corrected chi connectivity index (χ1v) is 7.14. The average molecular weight is 370 g/mol. The van der Waals surface area contributed by atoms with Gasteiger partial charge in [-0.1, -0.05) is 0 Å². The van der Waals surface area contributed by atoms with Crippen LogP contribution in [-0.4, -0.2) is 22.0 Å². The SMILES string of the molecule is CNc1nc(-c2ccc(F)cn2)nc(C2CC2)c1I. The second kappa shape index (κ2) is 4.99. The smallest absolute Gasteiger partial charge is 0.180 e. The van der Waals surface area contributed by atoms with Gasteiger partial charge in [-0.05, 0) is 47.6 Å². The summed E-state index contributed by atoms with van der Waals surface area (Å²) in [6.07, 6.45) is 3.53. The van der Waals surface area contributed by atoms with Crippen molar-refractivity contribution in [2.45, 2.75) is 18.8 Å². The van der Waals surface area contributed by atoms with Gasteiger partial charge >= 0.3 is 0 Å². The molecule has 0 atom stereocenters. The van der Waals surface area contributed by atoms with Gasteiger partial charge in [0.25, 0.3) is 0 Å². The predicted molar refractivity (Wildman–Crippen MR) is 79.5 cm³/mol. The van der Waals surface area contributed by atoms with Gasteiger partial charge in [0.2, 0.25) is 0 Å². The van der Waals surface area contributed by atoms with Crippen molar-refractivity contribution in [2.75, 3.05) is 12.4 Å². The molecular formula is C13H12FIN4. The lowest BCUT2D eigenvalue weighted by atomic mass is 10.2. The van der Waals surface area contributed by atoms with Gasteiger partial charge in [-0.25, -0.2) is 19.3 Å².